The Hall–Kier alpha value is -3.99. The highest BCUT2D eigenvalue weighted by atomic mass is 35.5. The molecule has 2 aromatic carbocycles. The van der Waals surface area contributed by atoms with Gasteiger partial charge in [-0.3, -0.25) is 25.8 Å². The maximum atomic E-state index is 13.2. The largest absolute Gasteiger partial charge is 0.368 e. The molecule has 2 heterocycles. The number of anilines is 3. The molecular weight excluding hydrogens is 453 g/mol. The van der Waals surface area contributed by atoms with Gasteiger partial charge in [0.1, 0.15) is 12.1 Å². The number of nitro groups is 1. The first-order valence-electron chi connectivity index (χ1n) is 9.99. The number of nitrogens with one attached hydrogen (secondary N) is 2. The van der Waals surface area contributed by atoms with Crippen LogP contribution >= 0.6 is 11.6 Å². The van der Waals surface area contributed by atoms with Gasteiger partial charge in [0, 0.05) is 42.5 Å². The van der Waals surface area contributed by atoms with E-state index in [-0.39, 0.29) is 23.1 Å². The maximum Gasteiger partial charge on any atom is 0.355 e. The molecule has 0 unspecified atom stereocenters. The van der Waals surface area contributed by atoms with Crippen molar-refractivity contribution in [2.75, 3.05) is 41.4 Å². The lowest BCUT2D eigenvalue weighted by molar-refractivity contribution is -0.383. The van der Waals surface area contributed by atoms with Crippen molar-refractivity contribution in [3.63, 3.8) is 0 Å². The van der Waals surface area contributed by atoms with Crippen LogP contribution in [-0.2, 0) is 0 Å². The Bertz CT molecular complexity index is 1150. The van der Waals surface area contributed by atoms with Crippen LogP contribution in [0.15, 0.2) is 54.9 Å². The van der Waals surface area contributed by atoms with Gasteiger partial charge in [0.2, 0.25) is 11.6 Å². The van der Waals surface area contributed by atoms with Gasteiger partial charge in [0.05, 0.1) is 4.92 Å². The average molecular weight is 472 g/mol. The summed E-state index contributed by atoms with van der Waals surface area (Å²) in [5, 5.41) is 12.3. The molecule has 1 saturated heterocycles. The molecule has 1 aromatic heterocycles. The summed E-state index contributed by atoms with van der Waals surface area (Å²) < 4.78 is 13.2. The van der Waals surface area contributed by atoms with Gasteiger partial charge in [-0.2, -0.15) is 0 Å². The number of hydrogen-bond donors (Lipinski definition) is 2. The van der Waals surface area contributed by atoms with E-state index >= 15 is 0 Å². The predicted molar refractivity (Wildman–Crippen MR) is 122 cm³/mol. The van der Waals surface area contributed by atoms with Crippen molar-refractivity contribution in [2.45, 2.75) is 0 Å². The number of piperazine rings is 1. The third-order valence-corrected chi connectivity index (χ3v) is 5.41. The number of carbonyl (C=O) groups excluding carboxylic acids is 1. The highest BCUT2D eigenvalue weighted by Crippen LogP contribution is 2.32. The second kappa shape index (κ2) is 9.65. The van der Waals surface area contributed by atoms with E-state index in [9.17, 15) is 19.3 Å². The summed E-state index contributed by atoms with van der Waals surface area (Å²) in [5.41, 5.74) is 5.79. The van der Waals surface area contributed by atoms with Crippen LogP contribution < -0.4 is 20.7 Å². The molecule has 3 aromatic rings. The Kier molecular flexibility index (Phi) is 6.50. The fourth-order valence-electron chi connectivity index (χ4n) is 3.48. The van der Waals surface area contributed by atoms with Crippen molar-refractivity contribution < 1.29 is 14.1 Å². The summed E-state index contributed by atoms with van der Waals surface area (Å²) in [7, 11) is 0. The quantitative estimate of drug-likeness (QED) is 0.415. The Balaban J connectivity index is 1.47. The third-order valence-electron chi connectivity index (χ3n) is 5.16. The van der Waals surface area contributed by atoms with Gasteiger partial charge in [0.25, 0.3) is 5.91 Å². The zero-order valence-corrected chi connectivity index (χ0v) is 18.0. The number of hydrogen-bond acceptors (Lipinski definition) is 8. The molecule has 33 heavy (non-hydrogen) atoms. The van der Waals surface area contributed by atoms with E-state index in [4.69, 9.17) is 11.6 Å². The average Bonchev–Trinajstić information content (AvgIpc) is 2.83. The van der Waals surface area contributed by atoms with Gasteiger partial charge in [-0.25, -0.2) is 14.4 Å². The van der Waals surface area contributed by atoms with Gasteiger partial charge in [0.15, 0.2) is 0 Å². The van der Waals surface area contributed by atoms with Crippen LogP contribution in [0.5, 0.6) is 0 Å². The van der Waals surface area contributed by atoms with E-state index in [1.54, 1.807) is 29.2 Å². The van der Waals surface area contributed by atoms with Crippen molar-refractivity contribution >= 4 is 40.5 Å². The fraction of sp³-hybridized carbons (Fsp3) is 0.190. The molecule has 1 fully saturated rings. The minimum absolute atomic E-state index is 0.131. The fourth-order valence-corrected chi connectivity index (χ4v) is 3.60. The molecule has 0 bridgehead atoms. The molecule has 10 nitrogen and oxygen atoms in total. The van der Waals surface area contributed by atoms with E-state index in [0.717, 1.165) is 5.69 Å². The lowest BCUT2D eigenvalue weighted by Crippen LogP contribution is -2.47. The highest BCUT2D eigenvalue weighted by molar-refractivity contribution is 6.30. The number of rotatable bonds is 6. The molecular formula is C21H19ClFN7O3. The summed E-state index contributed by atoms with van der Waals surface area (Å²) in [6.45, 7) is 2.07. The van der Waals surface area contributed by atoms with Crippen molar-refractivity contribution in [2.24, 2.45) is 0 Å². The minimum atomic E-state index is -0.585. The summed E-state index contributed by atoms with van der Waals surface area (Å²) in [6.07, 6.45) is 1.20. The van der Waals surface area contributed by atoms with Crippen LogP contribution in [0, 0.1) is 15.9 Å². The number of halogens is 2. The number of benzene rings is 2. The topological polar surface area (TPSA) is 117 Å². The van der Waals surface area contributed by atoms with Gasteiger partial charge < -0.3 is 9.80 Å². The molecule has 170 valence electrons. The van der Waals surface area contributed by atoms with Gasteiger partial charge in [-0.1, -0.05) is 11.6 Å². The molecule has 2 N–H and O–H groups in total. The van der Waals surface area contributed by atoms with Crippen LogP contribution in [-0.4, -0.2) is 47.0 Å². The molecule has 4 rings (SSSR count). The Morgan fingerprint density at radius 3 is 2.27 bits per heavy atom. The molecule has 0 saturated carbocycles. The van der Waals surface area contributed by atoms with Crippen LogP contribution in [0.25, 0.3) is 0 Å². The molecule has 0 aliphatic carbocycles. The van der Waals surface area contributed by atoms with Crippen LogP contribution in [0.2, 0.25) is 5.02 Å². The normalized spacial score (nSPS) is 13.5. The number of carbonyl (C=O) groups is 1. The van der Waals surface area contributed by atoms with Crippen molar-refractivity contribution in [1.29, 1.82) is 0 Å². The standard InChI is InChI=1S/C21H19ClFN7O3/c22-15-3-1-14(2-4-15)21(31)27-26-19-18(30(32)33)20(25-13-24-19)29-11-9-28(10-12-29)17-7-5-16(23)6-8-17/h1-8,13H,9-12H2,(H,27,31)(H,24,25,26). The second-order valence-electron chi connectivity index (χ2n) is 7.19. The summed E-state index contributed by atoms with van der Waals surface area (Å²) in [6, 6.07) is 12.4. The molecule has 0 radical (unpaired) electrons. The van der Waals surface area contributed by atoms with E-state index in [1.165, 1.54) is 30.6 Å². The smallest absolute Gasteiger partial charge is 0.355 e. The van der Waals surface area contributed by atoms with Crippen molar-refractivity contribution in [3.05, 3.63) is 81.4 Å². The summed E-state index contributed by atoms with van der Waals surface area (Å²) in [5.74, 6) is -0.795. The van der Waals surface area contributed by atoms with Crippen LogP contribution in [0.1, 0.15) is 10.4 Å². The number of nitrogens with zero attached hydrogens (tertiary/aromatic N) is 5. The monoisotopic (exact) mass is 471 g/mol. The van der Waals surface area contributed by atoms with E-state index < -0.39 is 10.8 Å². The van der Waals surface area contributed by atoms with E-state index in [1.807, 2.05) is 0 Å². The summed E-state index contributed by atoms with van der Waals surface area (Å²) in [4.78, 5) is 35.5. The zero-order chi connectivity index (χ0) is 23.4. The Morgan fingerprint density at radius 1 is 1.00 bits per heavy atom. The summed E-state index contributed by atoms with van der Waals surface area (Å²) >= 11 is 5.82. The SMILES string of the molecule is O=C(NNc1ncnc(N2CCN(c3ccc(F)cc3)CC2)c1[N+](=O)[O-])c1ccc(Cl)cc1. The number of hydrazine groups is 1. The molecule has 0 spiro atoms. The maximum absolute atomic E-state index is 13.2. The first-order valence-corrected chi connectivity index (χ1v) is 10.4. The molecule has 1 aliphatic rings. The van der Waals surface area contributed by atoms with Gasteiger partial charge >= 0.3 is 5.69 Å². The Labute approximate surface area is 193 Å². The molecule has 12 heteroatoms. The van der Waals surface area contributed by atoms with E-state index in [0.29, 0.717) is 36.8 Å². The second-order valence-corrected chi connectivity index (χ2v) is 7.62. The highest BCUT2D eigenvalue weighted by Gasteiger charge is 2.29. The van der Waals surface area contributed by atoms with Crippen molar-refractivity contribution in [1.82, 2.24) is 15.4 Å². The van der Waals surface area contributed by atoms with Crippen LogP contribution in [0.3, 0.4) is 0 Å². The molecule has 1 amide bonds. The lowest BCUT2D eigenvalue weighted by Gasteiger charge is -2.36. The number of amides is 1. The van der Waals surface area contributed by atoms with Crippen molar-refractivity contribution in [3.8, 4) is 0 Å². The zero-order valence-electron chi connectivity index (χ0n) is 17.2. The van der Waals surface area contributed by atoms with Crippen LogP contribution in [0.4, 0.5) is 27.4 Å². The molecule has 1 aliphatic heterocycles. The Morgan fingerprint density at radius 2 is 1.64 bits per heavy atom. The van der Waals surface area contributed by atoms with Gasteiger partial charge in [-0.15, -0.1) is 0 Å². The van der Waals surface area contributed by atoms with E-state index in [2.05, 4.69) is 25.7 Å². The molecule has 0 atom stereocenters. The minimum Gasteiger partial charge on any atom is -0.368 e. The third kappa shape index (κ3) is 5.09. The van der Waals surface area contributed by atoms with Gasteiger partial charge in [-0.05, 0) is 48.5 Å². The lowest BCUT2D eigenvalue weighted by atomic mass is 10.2. The first-order chi connectivity index (χ1) is 15.9. The number of aromatic nitrogens is 2. The first kappa shape index (κ1) is 22.2. The predicted octanol–water partition coefficient (Wildman–Crippen LogP) is 3.26.